The van der Waals surface area contributed by atoms with E-state index in [1.54, 1.807) is 12.1 Å². The molecule has 2 aromatic carbocycles. The number of hydrogen-bond donors (Lipinski definition) is 2. The monoisotopic (exact) mass is 424 g/mol. The van der Waals surface area contributed by atoms with Crippen LogP contribution in [-0.2, 0) is 26.2 Å². The van der Waals surface area contributed by atoms with Crippen LogP contribution in [0.3, 0.4) is 0 Å². The maximum atomic E-state index is 12.2. The van der Waals surface area contributed by atoms with Crippen LogP contribution in [0.2, 0.25) is 0 Å². The van der Waals surface area contributed by atoms with Gasteiger partial charge in [-0.05, 0) is 47.6 Å². The molecule has 0 heterocycles. The van der Waals surface area contributed by atoms with E-state index in [2.05, 4.69) is 38.3 Å². The second-order valence-electron chi connectivity index (χ2n) is 8.56. The molecule has 0 aromatic heterocycles. The summed E-state index contributed by atoms with van der Waals surface area (Å²) in [7, 11) is 0. The van der Waals surface area contributed by atoms with Crippen LogP contribution in [0, 0.1) is 0 Å². The van der Waals surface area contributed by atoms with Crippen molar-refractivity contribution in [2.24, 2.45) is 0 Å². The van der Waals surface area contributed by atoms with Crippen LogP contribution in [0.4, 0.5) is 0 Å². The van der Waals surface area contributed by atoms with E-state index in [1.807, 2.05) is 43.3 Å². The summed E-state index contributed by atoms with van der Waals surface area (Å²) in [5.41, 5.74) is 3.77. The first-order valence-electron chi connectivity index (χ1n) is 10.5. The van der Waals surface area contributed by atoms with Gasteiger partial charge in [0.15, 0.2) is 6.61 Å². The zero-order chi connectivity index (χ0) is 23.0. The van der Waals surface area contributed by atoms with Gasteiger partial charge in [0.1, 0.15) is 6.54 Å². The Labute approximate surface area is 184 Å². The number of carbonyl (C=O) groups excluding carboxylic acids is 3. The highest BCUT2D eigenvalue weighted by Gasteiger charge is 2.16. The molecule has 1 atom stereocenters. The maximum absolute atomic E-state index is 12.2. The second-order valence-corrected chi connectivity index (χ2v) is 8.56. The third-order valence-corrected chi connectivity index (χ3v) is 5.04. The Kier molecular flexibility index (Phi) is 8.37. The summed E-state index contributed by atoms with van der Waals surface area (Å²) in [5.74, 6) is -1.44. The Morgan fingerprint density at radius 1 is 0.968 bits per heavy atom. The lowest BCUT2D eigenvalue weighted by molar-refractivity contribution is -0.147. The Morgan fingerprint density at radius 3 is 2.13 bits per heavy atom. The molecule has 2 amide bonds. The molecule has 0 saturated carbocycles. The lowest BCUT2D eigenvalue weighted by atomic mass is 9.87. The third-order valence-electron chi connectivity index (χ3n) is 5.04. The molecule has 2 aromatic rings. The van der Waals surface area contributed by atoms with E-state index in [1.165, 1.54) is 5.56 Å². The molecule has 0 aliphatic heterocycles. The molecule has 0 aliphatic carbocycles. The molecule has 0 saturated heterocycles. The van der Waals surface area contributed by atoms with Crippen LogP contribution in [-0.4, -0.2) is 30.9 Å². The van der Waals surface area contributed by atoms with Gasteiger partial charge in [0.25, 0.3) is 11.8 Å². The molecule has 166 valence electrons. The molecule has 6 nitrogen and oxygen atoms in total. The fourth-order valence-electron chi connectivity index (χ4n) is 2.98. The quantitative estimate of drug-likeness (QED) is 0.633. The van der Waals surface area contributed by atoms with Gasteiger partial charge in [-0.2, -0.15) is 0 Å². The molecule has 0 fully saturated rings. The van der Waals surface area contributed by atoms with Gasteiger partial charge in [0.2, 0.25) is 0 Å². The third kappa shape index (κ3) is 7.55. The highest BCUT2D eigenvalue weighted by Crippen LogP contribution is 2.22. The fraction of sp³-hybridized carbons (Fsp3) is 0.400. The van der Waals surface area contributed by atoms with E-state index in [-0.39, 0.29) is 23.9 Å². The van der Waals surface area contributed by atoms with Gasteiger partial charge in [-0.3, -0.25) is 14.4 Å². The van der Waals surface area contributed by atoms with Crippen molar-refractivity contribution in [3.8, 4) is 0 Å². The first kappa shape index (κ1) is 24.1. The Balaban J connectivity index is 1.74. The van der Waals surface area contributed by atoms with Crippen LogP contribution in [0.1, 0.15) is 67.7 Å². The summed E-state index contributed by atoms with van der Waals surface area (Å²) >= 11 is 0. The predicted molar refractivity (Wildman–Crippen MR) is 121 cm³/mol. The van der Waals surface area contributed by atoms with Gasteiger partial charge in [0.05, 0.1) is 6.04 Å². The number of carbonyl (C=O) groups is 3. The van der Waals surface area contributed by atoms with Gasteiger partial charge in [-0.15, -0.1) is 0 Å². The standard InChI is InChI=1S/C25H32N2O4/c1-6-18-7-9-19(10-8-18)17(2)27-22(28)16-31-23(29)15-26-24(30)20-11-13-21(14-12-20)25(3,4)5/h7-14,17H,6,15-16H2,1-5H3,(H,26,30)(H,27,28). The molecular formula is C25H32N2O4. The first-order chi connectivity index (χ1) is 14.6. The number of esters is 1. The van der Waals surface area contributed by atoms with Crippen molar-refractivity contribution >= 4 is 17.8 Å². The topological polar surface area (TPSA) is 84.5 Å². The van der Waals surface area contributed by atoms with E-state index < -0.39 is 18.5 Å². The smallest absolute Gasteiger partial charge is 0.325 e. The summed E-state index contributed by atoms with van der Waals surface area (Å²) in [6.45, 7) is 9.53. The van der Waals surface area contributed by atoms with E-state index in [0.717, 1.165) is 17.5 Å². The van der Waals surface area contributed by atoms with E-state index >= 15 is 0 Å². The Morgan fingerprint density at radius 2 is 1.58 bits per heavy atom. The molecule has 0 spiro atoms. The Bertz CT molecular complexity index is 897. The zero-order valence-electron chi connectivity index (χ0n) is 19.0. The van der Waals surface area contributed by atoms with E-state index in [0.29, 0.717) is 5.56 Å². The van der Waals surface area contributed by atoms with Crippen LogP contribution < -0.4 is 10.6 Å². The van der Waals surface area contributed by atoms with Gasteiger partial charge < -0.3 is 15.4 Å². The average molecular weight is 425 g/mol. The van der Waals surface area contributed by atoms with Gasteiger partial charge >= 0.3 is 5.97 Å². The second kappa shape index (κ2) is 10.8. The number of amides is 2. The number of hydrogen-bond acceptors (Lipinski definition) is 4. The number of benzene rings is 2. The molecule has 0 radical (unpaired) electrons. The van der Waals surface area contributed by atoms with Gasteiger partial charge in [-0.1, -0.05) is 64.1 Å². The summed E-state index contributed by atoms with van der Waals surface area (Å²) < 4.78 is 4.96. The minimum absolute atomic E-state index is 0.00412. The normalized spacial score (nSPS) is 12.0. The van der Waals surface area contributed by atoms with Crippen LogP contribution in [0.25, 0.3) is 0 Å². The first-order valence-corrected chi connectivity index (χ1v) is 10.5. The molecule has 2 N–H and O–H groups in total. The lowest BCUT2D eigenvalue weighted by Crippen LogP contribution is -2.34. The van der Waals surface area contributed by atoms with Crippen LogP contribution in [0.5, 0.6) is 0 Å². The minimum Gasteiger partial charge on any atom is -0.454 e. The van der Waals surface area contributed by atoms with Crippen molar-refractivity contribution in [1.29, 1.82) is 0 Å². The van der Waals surface area contributed by atoms with Crippen molar-refractivity contribution < 1.29 is 19.1 Å². The minimum atomic E-state index is -0.672. The van der Waals surface area contributed by atoms with Gasteiger partial charge in [-0.25, -0.2) is 0 Å². The van der Waals surface area contributed by atoms with Gasteiger partial charge in [0, 0.05) is 5.56 Å². The predicted octanol–water partition coefficient (Wildman–Crippen LogP) is 3.70. The SMILES string of the molecule is CCc1ccc(C(C)NC(=O)COC(=O)CNC(=O)c2ccc(C(C)(C)C)cc2)cc1. The molecule has 1 unspecified atom stereocenters. The van der Waals surface area contributed by atoms with Crippen molar-refractivity contribution in [3.05, 3.63) is 70.8 Å². The highest BCUT2D eigenvalue weighted by atomic mass is 16.5. The van der Waals surface area contributed by atoms with Crippen LogP contribution in [0.15, 0.2) is 48.5 Å². The number of nitrogens with one attached hydrogen (secondary N) is 2. The number of ether oxygens (including phenoxy) is 1. The van der Waals surface area contributed by atoms with E-state index in [4.69, 9.17) is 4.74 Å². The van der Waals surface area contributed by atoms with Crippen molar-refractivity contribution in [2.45, 2.75) is 52.5 Å². The summed E-state index contributed by atoms with van der Waals surface area (Å²) in [5, 5.41) is 5.31. The van der Waals surface area contributed by atoms with Crippen molar-refractivity contribution in [1.82, 2.24) is 10.6 Å². The van der Waals surface area contributed by atoms with Crippen molar-refractivity contribution in [2.75, 3.05) is 13.2 Å². The maximum Gasteiger partial charge on any atom is 0.325 e. The highest BCUT2D eigenvalue weighted by molar-refractivity contribution is 5.96. The zero-order valence-corrected chi connectivity index (χ0v) is 19.0. The molecule has 6 heteroatoms. The molecule has 0 aliphatic rings. The molecule has 31 heavy (non-hydrogen) atoms. The number of rotatable bonds is 8. The fourth-order valence-corrected chi connectivity index (χ4v) is 2.98. The van der Waals surface area contributed by atoms with E-state index in [9.17, 15) is 14.4 Å². The average Bonchev–Trinajstić information content (AvgIpc) is 2.75. The van der Waals surface area contributed by atoms with Crippen LogP contribution >= 0.6 is 0 Å². The molecular weight excluding hydrogens is 392 g/mol. The summed E-state index contributed by atoms with van der Waals surface area (Å²) in [6.07, 6.45) is 0.954. The molecule has 0 bridgehead atoms. The largest absolute Gasteiger partial charge is 0.454 e. The summed E-state index contributed by atoms with van der Waals surface area (Å²) in [6, 6.07) is 15.0. The number of aryl methyl sites for hydroxylation is 1. The molecule has 2 rings (SSSR count). The summed E-state index contributed by atoms with van der Waals surface area (Å²) in [4.78, 5) is 36.1. The van der Waals surface area contributed by atoms with Crippen molar-refractivity contribution in [3.63, 3.8) is 0 Å². The Hall–Kier alpha value is -3.15. The lowest BCUT2D eigenvalue weighted by Gasteiger charge is -2.19.